The highest BCUT2D eigenvalue weighted by Crippen LogP contribution is 2.20. The Labute approximate surface area is 90.7 Å². The van der Waals surface area contributed by atoms with E-state index in [1.165, 1.54) is 12.1 Å². The van der Waals surface area contributed by atoms with Gasteiger partial charge in [0, 0.05) is 0 Å². The summed E-state index contributed by atoms with van der Waals surface area (Å²) in [6.45, 7) is -0.307. The van der Waals surface area contributed by atoms with Crippen molar-refractivity contribution in [2.75, 3.05) is 6.61 Å². The molecular formula is C10H10FN3O2. The van der Waals surface area contributed by atoms with Crippen LogP contribution < -0.4 is 5.73 Å². The molecule has 0 bridgehead atoms. The molecule has 1 aromatic heterocycles. The normalized spacial score (nSPS) is 12.7. The van der Waals surface area contributed by atoms with Crippen LogP contribution in [0.5, 0.6) is 0 Å². The lowest BCUT2D eigenvalue weighted by Crippen LogP contribution is -2.14. The molecular weight excluding hydrogens is 213 g/mol. The fourth-order valence-corrected chi connectivity index (χ4v) is 1.22. The van der Waals surface area contributed by atoms with Crippen LogP contribution in [0.25, 0.3) is 11.4 Å². The van der Waals surface area contributed by atoms with E-state index in [9.17, 15) is 4.39 Å². The summed E-state index contributed by atoms with van der Waals surface area (Å²) in [6.07, 6.45) is 0. The van der Waals surface area contributed by atoms with Crippen LogP contribution >= 0.6 is 0 Å². The van der Waals surface area contributed by atoms with Gasteiger partial charge in [0.1, 0.15) is 11.9 Å². The van der Waals surface area contributed by atoms with E-state index in [1.807, 2.05) is 0 Å². The predicted octanol–water partition coefficient (Wildman–Crippen LogP) is 0.868. The van der Waals surface area contributed by atoms with Gasteiger partial charge in [0.2, 0.25) is 11.7 Å². The number of hydrogen-bond donors (Lipinski definition) is 2. The summed E-state index contributed by atoms with van der Waals surface area (Å²) in [6, 6.07) is 5.33. The summed E-state index contributed by atoms with van der Waals surface area (Å²) in [4.78, 5) is 3.91. The van der Waals surface area contributed by atoms with Gasteiger partial charge in [-0.25, -0.2) is 4.39 Å². The monoisotopic (exact) mass is 223 g/mol. The molecule has 5 nitrogen and oxygen atoms in total. The first-order valence-corrected chi connectivity index (χ1v) is 4.67. The van der Waals surface area contributed by atoms with Crippen molar-refractivity contribution in [3.8, 4) is 11.4 Å². The highest BCUT2D eigenvalue weighted by atomic mass is 19.1. The van der Waals surface area contributed by atoms with Crippen molar-refractivity contribution in [2.45, 2.75) is 6.04 Å². The molecule has 0 amide bonds. The number of hydrogen-bond acceptors (Lipinski definition) is 5. The van der Waals surface area contributed by atoms with Crippen LogP contribution in [-0.2, 0) is 0 Å². The Morgan fingerprint density at radius 2 is 2.19 bits per heavy atom. The van der Waals surface area contributed by atoms with Gasteiger partial charge < -0.3 is 15.4 Å². The fraction of sp³-hybridized carbons (Fsp3) is 0.200. The Morgan fingerprint density at radius 3 is 2.88 bits per heavy atom. The molecule has 1 heterocycles. The first-order chi connectivity index (χ1) is 7.72. The number of halogens is 1. The van der Waals surface area contributed by atoms with E-state index in [0.717, 1.165) is 0 Å². The van der Waals surface area contributed by atoms with Gasteiger partial charge in [0.25, 0.3) is 0 Å². The molecule has 0 saturated heterocycles. The molecule has 84 valence electrons. The minimum Gasteiger partial charge on any atom is -0.394 e. The quantitative estimate of drug-likeness (QED) is 0.806. The number of benzene rings is 1. The minimum absolute atomic E-state index is 0.0840. The third kappa shape index (κ3) is 1.93. The second kappa shape index (κ2) is 4.38. The van der Waals surface area contributed by atoms with Gasteiger partial charge in [-0.3, -0.25) is 0 Å². The van der Waals surface area contributed by atoms with Crippen LogP contribution in [0.3, 0.4) is 0 Å². The Kier molecular flexibility index (Phi) is 2.93. The van der Waals surface area contributed by atoms with Crippen LogP contribution in [0.2, 0.25) is 0 Å². The SMILES string of the molecule is NC(CO)c1nc(-c2ccccc2F)no1. The number of nitrogens with two attached hydrogens (primary N) is 1. The molecule has 0 spiro atoms. The Morgan fingerprint density at radius 1 is 1.44 bits per heavy atom. The maximum Gasteiger partial charge on any atom is 0.246 e. The van der Waals surface area contributed by atoms with Crippen molar-refractivity contribution in [1.82, 2.24) is 10.1 Å². The van der Waals surface area contributed by atoms with Crippen molar-refractivity contribution in [3.63, 3.8) is 0 Å². The predicted molar refractivity (Wildman–Crippen MR) is 53.7 cm³/mol. The third-order valence-electron chi connectivity index (χ3n) is 2.07. The van der Waals surface area contributed by atoms with Crippen LogP contribution in [-0.4, -0.2) is 21.9 Å². The minimum atomic E-state index is -0.743. The number of rotatable bonds is 3. The number of aliphatic hydroxyl groups excluding tert-OH is 1. The molecule has 0 radical (unpaired) electrons. The number of nitrogens with zero attached hydrogens (tertiary/aromatic N) is 2. The standard InChI is InChI=1S/C10H10FN3O2/c11-7-4-2-1-3-6(7)9-13-10(16-14-9)8(12)5-15/h1-4,8,15H,5,12H2. The molecule has 2 aromatic rings. The van der Waals surface area contributed by atoms with Crippen LogP contribution in [0.4, 0.5) is 4.39 Å². The molecule has 1 aromatic carbocycles. The van der Waals surface area contributed by atoms with E-state index in [2.05, 4.69) is 10.1 Å². The van der Waals surface area contributed by atoms with Crippen molar-refractivity contribution in [3.05, 3.63) is 36.0 Å². The third-order valence-corrected chi connectivity index (χ3v) is 2.07. The average Bonchev–Trinajstić information content (AvgIpc) is 2.78. The Bertz CT molecular complexity index is 486. The largest absolute Gasteiger partial charge is 0.394 e. The zero-order valence-electron chi connectivity index (χ0n) is 8.30. The van der Waals surface area contributed by atoms with Crippen molar-refractivity contribution in [2.24, 2.45) is 5.73 Å². The first-order valence-electron chi connectivity index (χ1n) is 4.67. The molecule has 16 heavy (non-hydrogen) atoms. The number of aliphatic hydroxyl groups is 1. The second-order valence-electron chi connectivity index (χ2n) is 3.23. The Hall–Kier alpha value is -1.79. The van der Waals surface area contributed by atoms with Crippen molar-refractivity contribution in [1.29, 1.82) is 0 Å². The summed E-state index contributed by atoms with van der Waals surface area (Å²) in [5.74, 6) is -0.231. The average molecular weight is 223 g/mol. The van der Waals surface area contributed by atoms with Gasteiger partial charge in [-0.2, -0.15) is 4.98 Å². The molecule has 6 heteroatoms. The van der Waals surface area contributed by atoms with E-state index >= 15 is 0 Å². The summed E-state index contributed by atoms with van der Waals surface area (Å²) in [7, 11) is 0. The highest BCUT2D eigenvalue weighted by molar-refractivity contribution is 5.54. The summed E-state index contributed by atoms with van der Waals surface area (Å²) >= 11 is 0. The van der Waals surface area contributed by atoms with Gasteiger partial charge in [-0.1, -0.05) is 17.3 Å². The summed E-state index contributed by atoms with van der Waals surface area (Å²) in [5.41, 5.74) is 5.72. The smallest absolute Gasteiger partial charge is 0.246 e. The molecule has 1 unspecified atom stereocenters. The van der Waals surface area contributed by atoms with Crippen LogP contribution in [0.1, 0.15) is 11.9 Å². The molecule has 0 aliphatic heterocycles. The lowest BCUT2D eigenvalue weighted by atomic mass is 10.2. The van der Waals surface area contributed by atoms with Crippen molar-refractivity contribution < 1.29 is 14.0 Å². The zero-order valence-corrected chi connectivity index (χ0v) is 8.30. The van der Waals surface area contributed by atoms with E-state index in [1.54, 1.807) is 12.1 Å². The molecule has 0 aliphatic carbocycles. The fourth-order valence-electron chi connectivity index (χ4n) is 1.22. The lowest BCUT2D eigenvalue weighted by Gasteiger charge is -1.98. The van der Waals surface area contributed by atoms with Gasteiger partial charge in [-0.15, -0.1) is 0 Å². The molecule has 0 fully saturated rings. The molecule has 0 aliphatic rings. The zero-order chi connectivity index (χ0) is 11.5. The maximum atomic E-state index is 13.4. The van der Waals surface area contributed by atoms with E-state index in [0.29, 0.717) is 0 Å². The maximum absolute atomic E-state index is 13.4. The van der Waals surface area contributed by atoms with E-state index in [-0.39, 0.29) is 23.9 Å². The lowest BCUT2D eigenvalue weighted by molar-refractivity contribution is 0.237. The highest BCUT2D eigenvalue weighted by Gasteiger charge is 2.16. The summed E-state index contributed by atoms with van der Waals surface area (Å²) in [5, 5.41) is 12.4. The topological polar surface area (TPSA) is 85.2 Å². The second-order valence-corrected chi connectivity index (χ2v) is 3.23. The number of aromatic nitrogens is 2. The van der Waals surface area contributed by atoms with Crippen molar-refractivity contribution >= 4 is 0 Å². The van der Waals surface area contributed by atoms with Gasteiger partial charge in [-0.05, 0) is 12.1 Å². The van der Waals surface area contributed by atoms with Gasteiger partial charge >= 0.3 is 0 Å². The molecule has 2 rings (SSSR count). The van der Waals surface area contributed by atoms with Gasteiger partial charge in [0.05, 0.1) is 12.2 Å². The molecule has 0 saturated carbocycles. The Balaban J connectivity index is 2.35. The van der Waals surface area contributed by atoms with Crippen LogP contribution in [0.15, 0.2) is 28.8 Å². The van der Waals surface area contributed by atoms with E-state index < -0.39 is 11.9 Å². The van der Waals surface area contributed by atoms with Gasteiger partial charge in [0.15, 0.2) is 0 Å². The first kappa shape index (κ1) is 10.7. The molecule has 3 N–H and O–H groups in total. The molecule has 1 atom stereocenters. The van der Waals surface area contributed by atoms with E-state index in [4.69, 9.17) is 15.4 Å². The summed E-state index contributed by atoms with van der Waals surface area (Å²) < 4.78 is 18.2. The van der Waals surface area contributed by atoms with Crippen LogP contribution in [0, 0.1) is 5.82 Å².